The van der Waals surface area contributed by atoms with Gasteiger partial charge in [0.05, 0.1) is 18.2 Å². The molecule has 1 aromatic carbocycles. The first-order chi connectivity index (χ1) is 7.54. The second-order valence-corrected chi connectivity index (χ2v) is 3.78. The van der Waals surface area contributed by atoms with E-state index in [1.165, 1.54) is 4.90 Å². The van der Waals surface area contributed by atoms with Gasteiger partial charge in [-0.05, 0) is 24.6 Å². The lowest BCUT2D eigenvalue weighted by Crippen LogP contribution is -2.28. The summed E-state index contributed by atoms with van der Waals surface area (Å²) >= 11 is 0. The molecule has 1 rings (SSSR count). The fraction of sp³-hybridized carbons (Fsp3) is 0.333. The summed E-state index contributed by atoms with van der Waals surface area (Å²) in [7, 11) is 3.42. The number of nitrogens with zero attached hydrogens (tertiary/aromatic N) is 2. The average Bonchev–Trinajstić information content (AvgIpc) is 2.27. The number of aryl methyl sites for hydroxylation is 1. The van der Waals surface area contributed by atoms with Crippen molar-refractivity contribution in [3.63, 3.8) is 0 Å². The van der Waals surface area contributed by atoms with Crippen LogP contribution in [0.4, 0.5) is 5.69 Å². The molecule has 0 aromatic heterocycles. The first-order valence-corrected chi connectivity index (χ1v) is 4.99. The Labute approximate surface area is 95.5 Å². The number of anilines is 1. The van der Waals surface area contributed by atoms with Gasteiger partial charge in [0, 0.05) is 19.8 Å². The topological polar surface area (TPSA) is 56.1 Å². The van der Waals surface area contributed by atoms with Gasteiger partial charge in [0.25, 0.3) is 0 Å². The Morgan fingerprint density at radius 2 is 2.19 bits per heavy atom. The van der Waals surface area contributed by atoms with Crippen molar-refractivity contribution in [2.45, 2.75) is 6.92 Å². The number of nitriles is 1. The lowest BCUT2D eigenvalue weighted by molar-refractivity contribution is -0.126. The third-order valence-corrected chi connectivity index (χ3v) is 2.30. The van der Waals surface area contributed by atoms with Crippen molar-refractivity contribution < 1.29 is 4.79 Å². The summed E-state index contributed by atoms with van der Waals surface area (Å²) in [5.74, 6) is 0.00163. The maximum absolute atomic E-state index is 11.4. The number of hydrogen-bond donors (Lipinski definition) is 1. The highest BCUT2D eigenvalue weighted by molar-refractivity contribution is 5.80. The summed E-state index contributed by atoms with van der Waals surface area (Å²) in [5, 5.41) is 11.8. The quantitative estimate of drug-likeness (QED) is 0.831. The Balaban J connectivity index is 2.74. The molecular weight excluding hydrogens is 202 g/mol. The van der Waals surface area contributed by atoms with E-state index in [9.17, 15) is 4.79 Å². The molecule has 0 bridgehead atoms. The Kier molecular flexibility index (Phi) is 3.90. The van der Waals surface area contributed by atoms with Crippen molar-refractivity contribution in [1.82, 2.24) is 4.90 Å². The molecule has 0 aliphatic heterocycles. The van der Waals surface area contributed by atoms with Crippen LogP contribution >= 0.6 is 0 Å². The van der Waals surface area contributed by atoms with Gasteiger partial charge in [0.1, 0.15) is 0 Å². The zero-order valence-electron chi connectivity index (χ0n) is 9.74. The summed E-state index contributed by atoms with van der Waals surface area (Å²) in [4.78, 5) is 12.9. The minimum absolute atomic E-state index is 0.00163. The Morgan fingerprint density at radius 3 is 2.75 bits per heavy atom. The standard InChI is InChI=1S/C12H15N3O/c1-9-4-5-10(7-13)6-11(9)14-8-12(16)15(2)3/h4-6,14H,8H2,1-3H3. The zero-order chi connectivity index (χ0) is 12.1. The van der Waals surface area contributed by atoms with E-state index in [0.717, 1.165) is 11.3 Å². The SMILES string of the molecule is Cc1ccc(C#N)cc1NCC(=O)N(C)C. The number of rotatable bonds is 3. The van der Waals surface area contributed by atoms with Crippen LogP contribution in [0.5, 0.6) is 0 Å². The molecule has 0 fully saturated rings. The fourth-order valence-corrected chi connectivity index (χ4v) is 1.21. The van der Waals surface area contributed by atoms with Crippen LogP contribution in [-0.4, -0.2) is 31.4 Å². The second kappa shape index (κ2) is 5.17. The molecule has 0 heterocycles. The molecule has 4 nitrogen and oxygen atoms in total. The molecule has 0 radical (unpaired) electrons. The third kappa shape index (κ3) is 2.99. The molecule has 0 saturated heterocycles. The van der Waals surface area contributed by atoms with Gasteiger partial charge in [-0.3, -0.25) is 4.79 Å². The van der Waals surface area contributed by atoms with Crippen LogP contribution in [0, 0.1) is 18.3 Å². The highest BCUT2D eigenvalue weighted by Gasteiger charge is 2.05. The summed E-state index contributed by atoms with van der Waals surface area (Å²) in [6, 6.07) is 7.44. The lowest BCUT2D eigenvalue weighted by Gasteiger charge is -2.13. The van der Waals surface area contributed by atoms with E-state index in [4.69, 9.17) is 5.26 Å². The number of carbonyl (C=O) groups is 1. The van der Waals surface area contributed by atoms with Crippen molar-refractivity contribution in [2.24, 2.45) is 0 Å². The lowest BCUT2D eigenvalue weighted by atomic mass is 10.1. The summed E-state index contributed by atoms with van der Waals surface area (Å²) in [6.45, 7) is 2.17. The largest absolute Gasteiger partial charge is 0.376 e. The molecule has 0 saturated carbocycles. The maximum Gasteiger partial charge on any atom is 0.241 e. The monoisotopic (exact) mass is 217 g/mol. The first-order valence-electron chi connectivity index (χ1n) is 4.99. The minimum Gasteiger partial charge on any atom is -0.376 e. The van der Waals surface area contributed by atoms with E-state index < -0.39 is 0 Å². The van der Waals surface area contributed by atoms with Gasteiger partial charge in [0.15, 0.2) is 0 Å². The number of likely N-dealkylation sites (N-methyl/N-ethyl adjacent to an activating group) is 1. The zero-order valence-corrected chi connectivity index (χ0v) is 9.74. The van der Waals surface area contributed by atoms with Crippen molar-refractivity contribution in [1.29, 1.82) is 5.26 Å². The van der Waals surface area contributed by atoms with Gasteiger partial charge in [-0.2, -0.15) is 5.26 Å². The van der Waals surface area contributed by atoms with Gasteiger partial charge >= 0.3 is 0 Å². The molecule has 0 atom stereocenters. The van der Waals surface area contributed by atoms with Crippen LogP contribution in [0.15, 0.2) is 18.2 Å². The molecule has 16 heavy (non-hydrogen) atoms. The number of nitrogens with one attached hydrogen (secondary N) is 1. The van der Waals surface area contributed by atoms with Crippen molar-refractivity contribution in [2.75, 3.05) is 26.0 Å². The summed E-state index contributed by atoms with van der Waals surface area (Å²) in [6.07, 6.45) is 0. The van der Waals surface area contributed by atoms with Crippen LogP contribution in [0.2, 0.25) is 0 Å². The molecular formula is C12H15N3O. The Hall–Kier alpha value is -2.02. The van der Waals surface area contributed by atoms with E-state index in [-0.39, 0.29) is 12.5 Å². The van der Waals surface area contributed by atoms with Gasteiger partial charge in [-0.25, -0.2) is 0 Å². The predicted molar refractivity (Wildman–Crippen MR) is 63.1 cm³/mol. The van der Waals surface area contributed by atoms with Crippen LogP contribution < -0.4 is 5.32 Å². The van der Waals surface area contributed by atoms with Crippen LogP contribution in [0.1, 0.15) is 11.1 Å². The molecule has 0 unspecified atom stereocenters. The average molecular weight is 217 g/mol. The Morgan fingerprint density at radius 1 is 1.50 bits per heavy atom. The molecule has 0 spiro atoms. The number of amides is 1. The van der Waals surface area contributed by atoms with Gasteiger partial charge in [-0.15, -0.1) is 0 Å². The molecule has 4 heteroatoms. The smallest absolute Gasteiger partial charge is 0.241 e. The fourth-order valence-electron chi connectivity index (χ4n) is 1.21. The third-order valence-electron chi connectivity index (χ3n) is 2.30. The van der Waals surface area contributed by atoms with Gasteiger partial charge in [0.2, 0.25) is 5.91 Å². The first kappa shape index (κ1) is 12.1. The number of hydrogen-bond acceptors (Lipinski definition) is 3. The second-order valence-electron chi connectivity index (χ2n) is 3.78. The predicted octanol–water partition coefficient (Wildman–Crippen LogP) is 1.37. The molecule has 1 amide bonds. The van der Waals surface area contributed by atoms with Gasteiger partial charge < -0.3 is 10.2 Å². The van der Waals surface area contributed by atoms with E-state index >= 15 is 0 Å². The Bertz CT molecular complexity index is 432. The maximum atomic E-state index is 11.4. The highest BCUT2D eigenvalue weighted by atomic mass is 16.2. The van der Waals surface area contributed by atoms with Crippen molar-refractivity contribution >= 4 is 11.6 Å². The van der Waals surface area contributed by atoms with Crippen LogP contribution in [0.25, 0.3) is 0 Å². The van der Waals surface area contributed by atoms with Crippen LogP contribution in [0.3, 0.4) is 0 Å². The van der Waals surface area contributed by atoms with Crippen molar-refractivity contribution in [3.8, 4) is 6.07 Å². The van der Waals surface area contributed by atoms with Gasteiger partial charge in [-0.1, -0.05) is 6.07 Å². The van der Waals surface area contributed by atoms with E-state index in [2.05, 4.69) is 11.4 Å². The number of benzene rings is 1. The van der Waals surface area contributed by atoms with E-state index in [0.29, 0.717) is 5.56 Å². The summed E-state index contributed by atoms with van der Waals surface area (Å²) < 4.78 is 0. The molecule has 0 aliphatic rings. The van der Waals surface area contributed by atoms with E-state index in [1.54, 1.807) is 26.2 Å². The minimum atomic E-state index is 0.00163. The van der Waals surface area contributed by atoms with E-state index in [1.807, 2.05) is 13.0 Å². The molecule has 0 aliphatic carbocycles. The van der Waals surface area contributed by atoms with Crippen LogP contribution in [-0.2, 0) is 4.79 Å². The molecule has 84 valence electrons. The highest BCUT2D eigenvalue weighted by Crippen LogP contribution is 2.15. The number of carbonyl (C=O) groups excluding carboxylic acids is 1. The normalized spacial score (nSPS) is 9.38. The van der Waals surface area contributed by atoms with Crippen molar-refractivity contribution in [3.05, 3.63) is 29.3 Å². The molecule has 1 aromatic rings. The summed E-state index contributed by atoms with van der Waals surface area (Å²) in [5.41, 5.74) is 2.44. The molecule has 1 N–H and O–H groups in total.